The van der Waals surface area contributed by atoms with E-state index in [2.05, 4.69) is 20.9 Å². The van der Waals surface area contributed by atoms with Crippen LogP contribution in [0.5, 0.6) is 0 Å². The fourth-order valence-corrected chi connectivity index (χ4v) is 4.07. The average molecular weight is 415 g/mol. The molecule has 2 heterocycles. The number of rotatable bonds is 4. The highest BCUT2D eigenvalue weighted by molar-refractivity contribution is 6.05. The van der Waals surface area contributed by atoms with Crippen molar-refractivity contribution in [3.05, 3.63) is 53.1 Å². The van der Waals surface area contributed by atoms with E-state index in [0.29, 0.717) is 24.5 Å². The molecular weight excluding hydrogens is 388 g/mol. The van der Waals surface area contributed by atoms with Crippen molar-refractivity contribution in [3.8, 4) is 0 Å². The van der Waals surface area contributed by atoms with Crippen LogP contribution in [0, 0.1) is 18.6 Å². The first-order valence-electron chi connectivity index (χ1n) is 10.4. The Labute approximate surface area is 175 Å². The first-order chi connectivity index (χ1) is 14.5. The molecule has 2 aromatic carbocycles. The molecule has 0 unspecified atom stereocenters. The Bertz CT molecular complexity index is 901. The summed E-state index contributed by atoms with van der Waals surface area (Å²) in [5.74, 6) is -2.49. The van der Waals surface area contributed by atoms with E-state index < -0.39 is 23.1 Å². The molecule has 0 aromatic heterocycles. The Hall–Kier alpha value is -2.71. The molecule has 2 saturated heterocycles. The number of nitrogens with zero attached hydrogens (tertiary/aromatic N) is 2. The van der Waals surface area contributed by atoms with E-state index in [9.17, 15) is 13.6 Å². The normalized spacial score (nSPS) is 17.2. The van der Waals surface area contributed by atoms with Crippen LogP contribution in [0.3, 0.4) is 0 Å². The summed E-state index contributed by atoms with van der Waals surface area (Å²) in [6.07, 6.45) is 0. The van der Waals surface area contributed by atoms with E-state index in [1.807, 2.05) is 24.0 Å². The van der Waals surface area contributed by atoms with E-state index in [1.165, 1.54) is 12.1 Å². The van der Waals surface area contributed by atoms with Crippen LogP contribution in [-0.2, 0) is 0 Å². The maximum absolute atomic E-state index is 14.6. The van der Waals surface area contributed by atoms with Crippen LogP contribution in [0.2, 0.25) is 0 Å². The van der Waals surface area contributed by atoms with Crippen LogP contribution >= 0.6 is 0 Å². The van der Waals surface area contributed by atoms with Crippen LogP contribution < -0.4 is 25.8 Å². The van der Waals surface area contributed by atoms with Crippen molar-refractivity contribution in [1.29, 1.82) is 0 Å². The molecule has 4 rings (SSSR count). The maximum atomic E-state index is 14.6. The second-order valence-corrected chi connectivity index (χ2v) is 7.71. The SMILES string of the molecule is Cc1cc(NC(=O)c2c(F)cc(N3CCNCC3)cc2F)ccc1N1CCNCC1. The lowest BCUT2D eigenvalue weighted by atomic mass is 10.1. The van der Waals surface area contributed by atoms with E-state index in [-0.39, 0.29) is 0 Å². The minimum absolute atomic E-state index is 0.458. The maximum Gasteiger partial charge on any atom is 0.261 e. The lowest BCUT2D eigenvalue weighted by molar-refractivity contribution is 0.101. The fourth-order valence-electron chi connectivity index (χ4n) is 4.07. The van der Waals surface area contributed by atoms with Gasteiger partial charge >= 0.3 is 0 Å². The van der Waals surface area contributed by atoms with Crippen molar-refractivity contribution in [1.82, 2.24) is 10.6 Å². The molecule has 0 spiro atoms. The standard InChI is InChI=1S/C22H27F2N5O/c1-15-12-16(2-3-20(15)29-10-6-26-7-11-29)27-22(30)21-18(23)13-17(14-19(21)24)28-8-4-25-5-9-28/h2-3,12-14,25-26H,4-11H2,1H3,(H,27,30). The number of halogens is 2. The van der Waals surface area contributed by atoms with Gasteiger partial charge in [0, 0.05) is 69.4 Å². The van der Waals surface area contributed by atoms with Crippen LogP contribution in [0.4, 0.5) is 25.8 Å². The third-order valence-electron chi connectivity index (χ3n) is 5.65. The molecule has 0 saturated carbocycles. The summed E-state index contributed by atoms with van der Waals surface area (Å²) < 4.78 is 29.3. The molecule has 2 aliphatic heterocycles. The smallest absolute Gasteiger partial charge is 0.261 e. The van der Waals surface area contributed by atoms with E-state index in [1.54, 1.807) is 6.07 Å². The summed E-state index contributed by atoms with van der Waals surface area (Å²) in [5, 5.41) is 9.16. The topological polar surface area (TPSA) is 59.6 Å². The van der Waals surface area contributed by atoms with Gasteiger partial charge in [-0.05, 0) is 42.8 Å². The van der Waals surface area contributed by atoms with Crippen molar-refractivity contribution in [2.45, 2.75) is 6.92 Å². The Balaban J connectivity index is 1.50. The molecular formula is C22H27F2N5O. The number of nitrogens with one attached hydrogen (secondary N) is 3. The molecule has 0 radical (unpaired) electrons. The molecule has 1 amide bonds. The number of carbonyl (C=O) groups is 1. The zero-order chi connectivity index (χ0) is 21.1. The quantitative estimate of drug-likeness (QED) is 0.716. The first kappa shape index (κ1) is 20.6. The van der Waals surface area contributed by atoms with Crippen LogP contribution in [0.1, 0.15) is 15.9 Å². The number of hydrogen-bond donors (Lipinski definition) is 3. The summed E-state index contributed by atoms with van der Waals surface area (Å²) in [6.45, 7) is 8.53. The zero-order valence-electron chi connectivity index (χ0n) is 17.1. The summed E-state index contributed by atoms with van der Waals surface area (Å²) >= 11 is 0. The highest BCUT2D eigenvalue weighted by Gasteiger charge is 2.22. The number of amides is 1. The van der Waals surface area contributed by atoms with Gasteiger partial charge in [0.15, 0.2) is 0 Å². The highest BCUT2D eigenvalue weighted by Crippen LogP contribution is 2.26. The van der Waals surface area contributed by atoms with Gasteiger partial charge < -0.3 is 25.8 Å². The Morgan fingerprint density at radius 1 is 0.900 bits per heavy atom. The lowest BCUT2D eigenvalue weighted by Gasteiger charge is -2.31. The Morgan fingerprint density at radius 2 is 1.47 bits per heavy atom. The van der Waals surface area contributed by atoms with Crippen molar-refractivity contribution in [3.63, 3.8) is 0 Å². The van der Waals surface area contributed by atoms with Crippen molar-refractivity contribution < 1.29 is 13.6 Å². The summed E-state index contributed by atoms with van der Waals surface area (Å²) in [6, 6.07) is 8.02. The number of aryl methyl sites for hydroxylation is 1. The molecule has 8 heteroatoms. The molecule has 2 aromatic rings. The largest absolute Gasteiger partial charge is 0.369 e. The number of benzene rings is 2. The predicted octanol–water partition coefficient (Wildman–Crippen LogP) is 2.34. The Kier molecular flexibility index (Phi) is 6.15. The van der Waals surface area contributed by atoms with E-state index >= 15 is 0 Å². The van der Waals surface area contributed by atoms with Crippen molar-refractivity contribution >= 4 is 23.0 Å². The average Bonchev–Trinajstić information content (AvgIpc) is 2.74. The first-order valence-corrected chi connectivity index (χ1v) is 10.4. The van der Waals surface area contributed by atoms with Crippen molar-refractivity contribution in [2.24, 2.45) is 0 Å². The molecule has 3 N–H and O–H groups in total. The number of piperazine rings is 2. The van der Waals surface area contributed by atoms with Gasteiger partial charge in [-0.3, -0.25) is 4.79 Å². The monoisotopic (exact) mass is 415 g/mol. The van der Waals surface area contributed by atoms with E-state index in [4.69, 9.17) is 0 Å². The molecule has 2 aliphatic rings. The minimum atomic E-state index is -0.852. The fraction of sp³-hybridized carbons (Fsp3) is 0.409. The number of anilines is 3. The Morgan fingerprint density at radius 3 is 2.03 bits per heavy atom. The summed E-state index contributed by atoms with van der Waals surface area (Å²) in [4.78, 5) is 16.8. The van der Waals surface area contributed by atoms with Gasteiger partial charge in [-0.2, -0.15) is 0 Å². The van der Waals surface area contributed by atoms with Crippen molar-refractivity contribution in [2.75, 3.05) is 67.5 Å². The lowest BCUT2D eigenvalue weighted by Crippen LogP contribution is -2.43. The zero-order valence-corrected chi connectivity index (χ0v) is 17.1. The highest BCUT2D eigenvalue weighted by atomic mass is 19.1. The third kappa shape index (κ3) is 4.39. The molecule has 6 nitrogen and oxygen atoms in total. The van der Waals surface area contributed by atoms with Gasteiger partial charge in [0.05, 0.1) is 0 Å². The summed E-state index contributed by atoms with van der Waals surface area (Å²) in [5.41, 5.74) is 2.52. The molecule has 0 bridgehead atoms. The second-order valence-electron chi connectivity index (χ2n) is 7.71. The van der Waals surface area contributed by atoms with Gasteiger partial charge in [-0.1, -0.05) is 0 Å². The van der Waals surface area contributed by atoms with Gasteiger partial charge in [-0.15, -0.1) is 0 Å². The molecule has 0 aliphatic carbocycles. The van der Waals surface area contributed by atoms with Crippen LogP contribution in [-0.4, -0.2) is 58.3 Å². The summed E-state index contributed by atoms with van der Waals surface area (Å²) in [7, 11) is 0. The van der Waals surface area contributed by atoms with E-state index in [0.717, 1.165) is 50.5 Å². The predicted molar refractivity (Wildman–Crippen MR) is 116 cm³/mol. The number of hydrogen-bond acceptors (Lipinski definition) is 5. The third-order valence-corrected chi connectivity index (χ3v) is 5.65. The van der Waals surface area contributed by atoms with Gasteiger partial charge in [0.2, 0.25) is 0 Å². The molecule has 30 heavy (non-hydrogen) atoms. The van der Waals surface area contributed by atoms with Gasteiger partial charge in [0.25, 0.3) is 5.91 Å². The number of carbonyl (C=O) groups excluding carboxylic acids is 1. The second kappa shape index (κ2) is 8.97. The molecule has 2 fully saturated rings. The van der Waals surface area contributed by atoms with Crippen LogP contribution in [0.25, 0.3) is 0 Å². The molecule has 160 valence electrons. The van der Waals surface area contributed by atoms with Gasteiger partial charge in [0.1, 0.15) is 17.2 Å². The van der Waals surface area contributed by atoms with Crippen LogP contribution in [0.15, 0.2) is 30.3 Å². The molecule has 0 atom stereocenters. The minimum Gasteiger partial charge on any atom is -0.369 e. The van der Waals surface area contributed by atoms with Gasteiger partial charge in [-0.25, -0.2) is 8.78 Å².